The summed E-state index contributed by atoms with van der Waals surface area (Å²) < 4.78 is 7.07. The highest BCUT2D eigenvalue weighted by Crippen LogP contribution is 2.41. The molecule has 8 aromatic carbocycles. The predicted octanol–water partition coefficient (Wildman–Crippen LogP) is 13.3. The second-order valence-electron chi connectivity index (χ2n) is 14.0. The topological polar surface area (TPSA) is 57.4 Å². The summed E-state index contributed by atoms with van der Waals surface area (Å²) in [5.41, 5.74) is 12.5. The predicted molar refractivity (Wildman–Crippen MR) is 228 cm³/mol. The maximum absolute atomic E-state index is 9.77. The molecule has 0 aliphatic rings. The van der Waals surface area contributed by atoms with Gasteiger partial charge < -0.3 is 9.13 Å². The van der Waals surface area contributed by atoms with E-state index in [4.69, 9.17) is 0 Å². The van der Waals surface area contributed by atoms with Crippen LogP contribution in [0.4, 0.5) is 0 Å². The molecular formula is C50H28N4S. The first kappa shape index (κ1) is 31.1. The Morgan fingerprint density at radius 3 is 1.09 bits per heavy atom. The monoisotopic (exact) mass is 716 g/mol. The fourth-order valence-corrected chi connectivity index (χ4v) is 9.46. The quantitative estimate of drug-likeness (QED) is 0.182. The molecule has 11 rings (SSSR count). The Hall–Kier alpha value is -7.44. The van der Waals surface area contributed by atoms with Crippen molar-refractivity contribution >= 4 is 75.1 Å². The number of thiophene rings is 1. The van der Waals surface area contributed by atoms with Crippen molar-refractivity contribution in [2.45, 2.75) is 0 Å². The van der Waals surface area contributed by atoms with E-state index in [1.54, 1.807) is 0 Å². The summed E-state index contributed by atoms with van der Waals surface area (Å²) in [5.74, 6) is 0. The van der Waals surface area contributed by atoms with Gasteiger partial charge >= 0.3 is 0 Å². The van der Waals surface area contributed by atoms with E-state index in [1.165, 1.54) is 20.2 Å². The summed E-state index contributed by atoms with van der Waals surface area (Å²) in [7, 11) is 0. The lowest BCUT2D eigenvalue weighted by Crippen LogP contribution is -1.93. The molecule has 0 amide bonds. The number of hydrogen-bond acceptors (Lipinski definition) is 3. The highest BCUT2D eigenvalue weighted by Gasteiger charge is 2.17. The molecular weight excluding hydrogens is 689 g/mol. The van der Waals surface area contributed by atoms with Crippen LogP contribution in [-0.4, -0.2) is 9.13 Å². The van der Waals surface area contributed by atoms with Crippen molar-refractivity contribution in [1.29, 1.82) is 10.5 Å². The molecule has 0 atom stereocenters. The molecule has 0 fully saturated rings. The first-order valence-electron chi connectivity index (χ1n) is 18.2. The van der Waals surface area contributed by atoms with Gasteiger partial charge in [0.25, 0.3) is 0 Å². The van der Waals surface area contributed by atoms with Gasteiger partial charge in [-0.25, -0.2) is 0 Å². The first-order chi connectivity index (χ1) is 27.1. The van der Waals surface area contributed by atoms with Crippen LogP contribution in [0.25, 0.3) is 97.4 Å². The zero-order valence-electron chi connectivity index (χ0n) is 29.4. The highest BCUT2D eigenvalue weighted by atomic mass is 32.1. The van der Waals surface area contributed by atoms with Gasteiger partial charge in [0.2, 0.25) is 0 Å². The fourth-order valence-electron chi connectivity index (χ4n) is 8.39. The average molecular weight is 717 g/mol. The molecule has 0 aliphatic heterocycles. The second kappa shape index (κ2) is 12.0. The molecule has 11 aromatic rings. The van der Waals surface area contributed by atoms with E-state index in [2.05, 4.69) is 155 Å². The molecule has 0 N–H and O–H groups in total. The Bertz CT molecular complexity index is 3210. The number of nitrogens with zero attached hydrogens (tertiary/aromatic N) is 4. The van der Waals surface area contributed by atoms with Gasteiger partial charge in [-0.15, -0.1) is 11.3 Å². The molecule has 0 saturated heterocycles. The van der Waals surface area contributed by atoms with Crippen LogP contribution >= 0.6 is 11.3 Å². The van der Waals surface area contributed by atoms with Crippen LogP contribution in [0.2, 0.25) is 0 Å². The van der Waals surface area contributed by atoms with Crippen molar-refractivity contribution in [3.05, 3.63) is 181 Å². The maximum atomic E-state index is 9.77. The molecule has 3 heterocycles. The molecule has 55 heavy (non-hydrogen) atoms. The van der Waals surface area contributed by atoms with Gasteiger partial charge in [0.05, 0.1) is 45.3 Å². The minimum absolute atomic E-state index is 0.653. The van der Waals surface area contributed by atoms with Crippen LogP contribution in [0.1, 0.15) is 11.1 Å². The Morgan fingerprint density at radius 2 is 0.691 bits per heavy atom. The fraction of sp³-hybridized carbons (Fsp3) is 0. The number of para-hydroxylation sites is 2. The smallest absolute Gasteiger partial charge is 0.0991 e. The number of nitriles is 2. The third-order valence-corrected chi connectivity index (χ3v) is 12.1. The standard InChI is InChI=1S/C50H28N4S/c51-29-31-11-17-45-39(23-31)41-25-33(13-19-47(41)53(45)37-7-3-1-4-8-37)35-15-21-49-43(27-35)44-28-36(16-22-50(44)55-49)34-14-20-48-42(26-34)40-24-32(30-52)12-18-46(40)54(48)38-9-5-2-6-10-38/h1-28H. The molecule has 5 heteroatoms. The number of aromatic nitrogens is 2. The van der Waals surface area contributed by atoms with E-state index < -0.39 is 0 Å². The Morgan fingerprint density at radius 1 is 0.345 bits per heavy atom. The van der Waals surface area contributed by atoms with E-state index >= 15 is 0 Å². The molecule has 0 radical (unpaired) electrons. The lowest BCUT2D eigenvalue weighted by Gasteiger charge is -2.08. The summed E-state index contributed by atoms with van der Waals surface area (Å²) in [6.07, 6.45) is 0. The molecule has 0 bridgehead atoms. The Balaban J connectivity index is 1.06. The van der Waals surface area contributed by atoms with Crippen molar-refractivity contribution in [2.75, 3.05) is 0 Å². The van der Waals surface area contributed by atoms with Crippen LogP contribution in [0, 0.1) is 22.7 Å². The normalized spacial score (nSPS) is 11.6. The minimum atomic E-state index is 0.653. The Kier molecular flexibility index (Phi) is 6.82. The minimum Gasteiger partial charge on any atom is -0.309 e. The van der Waals surface area contributed by atoms with Gasteiger partial charge in [0.1, 0.15) is 0 Å². The van der Waals surface area contributed by atoms with Crippen molar-refractivity contribution in [1.82, 2.24) is 9.13 Å². The summed E-state index contributed by atoms with van der Waals surface area (Å²) in [4.78, 5) is 0. The van der Waals surface area contributed by atoms with Gasteiger partial charge in [0, 0.05) is 53.1 Å². The summed E-state index contributed by atoms with van der Waals surface area (Å²) in [6, 6.07) is 64.4. The Labute approximate surface area is 320 Å². The largest absolute Gasteiger partial charge is 0.309 e. The molecule has 0 unspecified atom stereocenters. The van der Waals surface area contributed by atoms with Crippen LogP contribution in [0.15, 0.2) is 170 Å². The van der Waals surface area contributed by atoms with Crippen LogP contribution in [-0.2, 0) is 0 Å². The molecule has 0 spiro atoms. The van der Waals surface area contributed by atoms with Crippen LogP contribution in [0.3, 0.4) is 0 Å². The van der Waals surface area contributed by atoms with E-state index in [-0.39, 0.29) is 0 Å². The maximum Gasteiger partial charge on any atom is 0.0991 e. The zero-order chi connectivity index (χ0) is 36.6. The summed E-state index contributed by atoms with van der Waals surface area (Å²) in [6.45, 7) is 0. The number of hydrogen-bond donors (Lipinski definition) is 0. The highest BCUT2D eigenvalue weighted by molar-refractivity contribution is 7.25. The van der Waals surface area contributed by atoms with Crippen molar-refractivity contribution in [2.24, 2.45) is 0 Å². The van der Waals surface area contributed by atoms with Crippen LogP contribution < -0.4 is 0 Å². The average Bonchev–Trinajstić information content (AvgIpc) is 3.90. The molecule has 3 aromatic heterocycles. The molecule has 0 saturated carbocycles. The molecule has 0 aliphatic carbocycles. The third kappa shape index (κ3) is 4.82. The lowest BCUT2D eigenvalue weighted by molar-refractivity contribution is 1.18. The summed E-state index contributed by atoms with van der Waals surface area (Å²) in [5, 5.41) is 26.4. The zero-order valence-corrected chi connectivity index (χ0v) is 30.2. The van der Waals surface area contributed by atoms with E-state index in [0.717, 1.165) is 77.2 Å². The summed E-state index contributed by atoms with van der Waals surface area (Å²) >= 11 is 1.82. The van der Waals surface area contributed by atoms with Crippen molar-refractivity contribution < 1.29 is 0 Å². The van der Waals surface area contributed by atoms with E-state index in [0.29, 0.717) is 11.1 Å². The van der Waals surface area contributed by atoms with Gasteiger partial charge in [-0.1, -0.05) is 60.7 Å². The third-order valence-electron chi connectivity index (χ3n) is 11.0. The van der Waals surface area contributed by atoms with Gasteiger partial charge in [0.15, 0.2) is 0 Å². The van der Waals surface area contributed by atoms with E-state index in [9.17, 15) is 10.5 Å². The van der Waals surface area contributed by atoms with E-state index in [1.807, 2.05) is 47.7 Å². The van der Waals surface area contributed by atoms with Crippen LogP contribution in [0.5, 0.6) is 0 Å². The second-order valence-corrected chi connectivity index (χ2v) is 15.1. The van der Waals surface area contributed by atoms with Gasteiger partial charge in [-0.3, -0.25) is 0 Å². The number of rotatable bonds is 4. The van der Waals surface area contributed by atoms with Crippen molar-refractivity contribution in [3.63, 3.8) is 0 Å². The number of benzene rings is 8. The first-order valence-corrected chi connectivity index (χ1v) is 19.0. The molecule has 254 valence electrons. The van der Waals surface area contributed by atoms with Crippen molar-refractivity contribution in [3.8, 4) is 45.8 Å². The van der Waals surface area contributed by atoms with Gasteiger partial charge in [-0.05, 0) is 131 Å². The lowest BCUT2D eigenvalue weighted by atomic mass is 9.98. The number of fused-ring (bicyclic) bond motifs is 9. The molecule has 4 nitrogen and oxygen atoms in total. The SMILES string of the molecule is N#Cc1ccc2c(c1)c1cc(-c3ccc4sc5ccc(-c6ccc7c(c6)c6cc(C#N)ccc6n7-c6ccccc6)cc5c4c3)ccc1n2-c1ccccc1. The van der Waals surface area contributed by atoms with Gasteiger partial charge in [-0.2, -0.15) is 10.5 Å².